The summed E-state index contributed by atoms with van der Waals surface area (Å²) in [5.41, 5.74) is -0.116. The molecule has 5 heteroatoms. The molecule has 4 nitrogen and oxygen atoms in total. The number of carbonyl (C=O) groups is 1. The molecular weight excluding hydrogens is 216 g/mol. The molecule has 0 aromatic carbocycles. The van der Waals surface area contributed by atoms with Gasteiger partial charge >= 0.3 is 5.97 Å². The molecule has 1 aromatic heterocycles. The summed E-state index contributed by atoms with van der Waals surface area (Å²) in [6.07, 6.45) is 3.87. The van der Waals surface area contributed by atoms with Crippen molar-refractivity contribution in [1.82, 2.24) is 9.55 Å². The molecule has 0 saturated heterocycles. The zero-order valence-electron chi connectivity index (χ0n) is 8.53. The summed E-state index contributed by atoms with van der Waals surface area (Å²) in [7, 11) is 0. The van der Waals surface area contributed by atoms with Crippen molar-refractivity contribution in [3.05, 3.63) is 17.2 Å². The smallest absolute Gasteiger partial charge is 0.315 e. The van der Waals surface area contributed by atoms with Crippen molar-refractivity contribution in [3.63, 3.8) is 0 Å². The highest BCUT2D eigenvalue weighted by molar-refractivity contribution is 6.30. The normalized spacial score (nSPS) is 18.5. The summed E-state index contributed by atoms with van der Waals surface area (Å²) in [6, 6.07) is 0. The number of nitrogens with zero attached hydrogens (tertiary/aromatic N) is 2. The van der Waals surface area contributed by atoms with Gasteiger partial charge in [0.1, 0.15) is 5.41 Å². The first-order valence-electron chi connectivity index (χ1n) is 5.06. The third-order valence-electron chi connectivity index (χ3n) is 3.20. The van der Waals surface area contributed by atoms with Crippen molar-refractivity contribution < 1.29 is 9.90 Å². The highest BCUT2D eigenvalue weighted by Crippen LogP contribution is 2.46. The Hall–Kier alpha value is -1.03. The van der Waals surface area contributed by atoms with E-state index in [1.165, 1.54) is 0 Å². The fourth-order valence-corrected chi connectivity index (χ4v) is 2.49. The van der Waals surface area contributed by atoms with Crippen LogP contribution in [-0.4, -0.2) is 20.6 Å². The van der Waals surface area contributed by atoms with Crippen molar-refractivity contribution in [2.45, 2.75) is 38.1 Å². The second-order valence-corrected chi connectivity index (χ2v) is 4.27. The van der Waals surface area contributed by atoms with Crippen molar-refractivity contribution in [3.8, 4) is 0 Å². The largest absolute Gasteiger partial charge is 0.481 e. The lowest BCUT2D eigenvalue weighted by atomic mass is 9.66. The molecule has 0 atom stereocenters. The lowest BCUT2D eigenvalue weighted by molar-refractivity contribution is -0.147. The first-order valence-corrected chi connectivity index (χ1v) is 5.44. The molecule has 1 N–H and O–H groups in total. The average Bonchev–Trinajstić information content (AvgIpc) is 2.46. The van der Waals surface area contributed by atoms with E-state index in [1.54, 1.807) is 6.33 Å². The van der Waals surface area contributed by atoms with Crippen LogP contribution < -0.4 is 0 Å². The molecule has 1 aromatic rings. The first-order chi connectivity index (χ1) is 7.12. The van der Waals surface area contributed by atoms with E-state index in [1.807, 2.05) is 11.5 Å². The van der Waals surface area contributed by atoms with Gasteiger partial charge in [0.05, 0.1) is 12.0 Å². The second-order valence-electron chi connectivity index (χ2n) is 3.91. The maximum absolute atomic E-state index is 11.3. The Morgan fingerprint density at radius 1 is 1.73 bits per heavy atom. The Morgan fingerprint density at radius 2 is 2.40 bits per heavy atom. The maximum Gasteiger partial charge on any atom is 0.315 e. The lowest BCUT2D eigenvalue weighted by Crippen LogP contribution is -2.44. The summed E-state index contributed by atoms with van der Waals surface area (Å²) in [6.45, 7) is 2.65. The Labute approximate surface area is 92.9 Å². The van der Waals surface area contributed by atoms with Crippen LogP contribution in [0.25, 0.3) is 0 Å². The van der Waals surface area contributed by atoms with Gasteiger partial charge in [0.25, 0.3) is 0 Å². The summed E-state index contributed by atoms with van der Waals surface area (Å²) >= 11 is 5.97. The van der Waals surface area contributed by atoms with Gasteiger partial charge in [0.2, 0.25) is 0 Å². The zero-order chi connectivity index (χ0) is 11.1. The third kappa shape index (κ3) is 1.35. The number of carboxylic acids is 1. The number of aryl methyl sites for hydroxylation is 1. The molecule has 0 aliphatic heterocycles. The number of imidazole rings is 1. The van der Waals surface area contributed by atoms with Crippen LogP contribution >= 0.6 is 11.6 Å². The van der Waals surface area contributed by atoms with E-state index >= 15 is 0 Å². The lowest BCUT2D eigenvalue weighted by Gasteiger charge is -2.38. The van der Waals surface area contributed by atoms with Gasteiger partial charge in [-0.2, -0.15) is 0 Å². The predicted octanol–water partition coefficient (Wildman–Crippen LogP) is 2.06. The highest BCUT2D eigenvalue weighted by atomic mass is 35.5. The summed E-state index contributed by atoms with van der Waals surface area (Å²) in [4.78, 5) is 15.3. The van der Waals surface area contributed by atoms with Gasteiger partial charge in [-0.25, -0.2) is 4.98 Å². The third-order valence-corrected chi connectivity index (χ3v) is 3.48. The number of hydrogen-bond acceptors (Lipinski definition) is 2. The van der Waals surface area contributed by atoms with E-state index in [-0.39, 0.29) is 0 Å². The maximum atomic E-state index is 11.3. The number of aromatic nitrogens is 2. The van der Waals surface area contributed by atoms with E-state index in [0.717, 1.165) is 6.42 Å². The van der Waals surface area contributed by atoms with Crippen LogP contribution in [0.4, 0.5) is 0 Å². The fourth-order valence-electron chi connectivity index (χ4n) is 2.15. The molecule has 82 valence electrons. The van der Waals surface area contributed by atoms with E-state index in [0.29, 0.717) is 30.2 Å². The Bertz CT molecular complexity index is 396. The van der Waals surface area contributed by atoms with Gasteiger partial charge in [0.15, 0.2) is 5.15 Å². The molecule has 0 unspecified atom stereocenters. The Balaban J connectivity index is 2.51. The highest BCUT2D eigenvalue weighted by Gasteiger charge is 2.49. The standard InChI is InChI=1S/C10H13ClN2O2/c1-2-13-6-12-8(11)7(13)10(9(14)15)4-3-5-10/h6H,2-5H2,1H3,(H,14,15). The van der Waals surface area contributed by atoms with Crippen LogP contribution in [0.2, 0.25) is 5.15 Å². The summed E-state index contributed by atoms with van der Waals surface area (Å²) in [5, 5.41) is 9.63. The minimum Gasteiger partial charge on any atom is -0.481 e. The second kappa shape index (κ2) is 3.52. The number of carboxylic acid groups (broad SMARTS) is 1. The van der Waals surface area contributed by atoms with Crippen molar-refractivity contribution in [1.29, 1.82) is 0 Å². The van der Waals surface area contributed by atoms with Gasteiger partial charge in [-0.05, 0) is 19.8 Å². The number of aliphatic carboxylic acids is 1. The predicted molar refractivity (Wildman–Crippen MR) is 56.1 cm³/mol. The van der Waals surface area contributed by atoms with Gasteiger partial charge in [-0.3, -0.25) is 4.79 Å². The van der Waals surface area contributed by atoms with Crippen LogP contribution in [0, 0.1) is 0 Å². The molecule has 0 spiro atoms. The Kier molecular flexibility index (Phi) is 2.46. The van der Waals surface area contributed by atoms with Crippen molar-refractivity contribution >= 4 is 17.6 Å². The first kappa shape index (κ1) is 10.5. The van der Waals surface area contributed by atoms with Crippen LogP contribution in [0.1, 0.15) is 31.9 Å². The fraction of sp³-hybridized carbons (Fsp3) is 0.600. The van der Waals surface area contributed by atoms with E-state index in [4.69, 9.17) is 11.6 Å². The van der Waals surface area contributed by atoms with Gasteiger partial charge < -0.3 is 9.67 Å². The van der Waals surface area contributed by atoms with Crippen molar-refractivity contribution in [2.75, 3.05) is 0 Å². The molecule has 0 radical (unpaired) electrons. The van der Waals surface area contributed by atoms with Crippen LogP contribution in [0.3, 0.4) is 0 Å². The molecular formula is C10H13ClN2O2. The molecule has 1 aliphatic rings. The molecule has 1 heterocycles. The quantitative estimate of drug-likeness (QED) is 0.862. The minimum absolute atomic E-state index is 0.332. The van der Waals surface area contributed by atoms with E-state index in [9.17, 15) is 9.90 Å². The molecule has 0 amide bonds. The van der Waals surface area contributed by atoms with E-state index < -0.39 is 11.4 Å². The topological polar surface area (TPSA) is 55.1 Å². The number of halogens is 1. The van der Waals surface area contributed by atoms with Gasteiger partial charge in [-0.1, -0.05) is 18.0 Å². The van der Waals surface area contributed by atoms with Gasteiger partial charge in [0, 0.05) is 6.54 Å². The van der Waals surface area contributed by atoms with Crippen LogP contribution in [0.5, 0.6) is 0 Å². The molecule has 15 heavy (non-hydrogen) atoms. The summed E-state index contributed by atoms with van der Waals surface area (Å²) < 4.78 is 1.83. The minimum atomic E-state index is -0.788. The average molecular weight is 229 g/mol. The van der Waals surface area contributed by atoms with E-state index in [2.05, 4.69) is 4.98 Å². The zero-order valence-corrected chi connectivity index (χ0v) is 9.29. The SMILES string of the molecule is CCn1cnc(Cl)c1C1(C(=O)O)CCC1. The summed E-state index contributed by atoms with van der Waals surface area (Å²) in [5.74, 6) is -0.786. The molecule has 1 saturated carbocycles. The molecule has 1 fully saturated rings. The van der Waals surface area contributed by atoms with Crippen molar-refractivity contribution in [2.24, 2.45) is 0 Å². The molecule has 2 rings (SSSR count). The monoisotopic (exact) mass is 228 g/mol. The Morgan fingerprint density at radius 3 is 2.80 bits per heavy atom. The van der Waals surface area contributed by atoms with Crippen LogP contribution in [0.15, 0.2) is 6.33 Å². The van der Waals surface area contributed by atoms with Gasteiger partial charge in [-0.15, -0.1) is 0 Å². The number of hydrogen-bond donors (Lipinski definition) is 1. The molecule has 1 aliphatic carbocycles. The number of rotatable bonds is 3. The van der Waals surface area contributed by atoms with Crippen LogP contribution in [-0.2, 0) is 16.8 Å². The molecule has 0 bridgehead atoms.